The van der Waals surface area contributed by atoms with Crippen molar-refractivity contribution in [3.8, 4) is 0 Å². The van der Waals surface area contributed by atoms with Gasteiger partial charge in [0.05, 0.1) is 5.69 Å². The van der Waals surface area contributed by atoms with E-state index >= 15 is 0 Å². The Hall–Kier alpha value is -1.01. The van der Waals surface area contributed by atoms with Gasteiger partial charge in [0.2, 0.25) is 0 Å². The summed E-state index contributed by atoms with van der Waals surface area (Å²) in [5.74, 6) is -1.73. The monoisotopic (exact) mass is 262 g/mol. The van der Waals surface area contributed by atoms with Crippen molar-refractivity contribution in [2.24, 2.45) is 5.73 Å². The van der Waals surface area contributed by atoms with E-state index in [1.807, 2.05) is 0 Å². The Morgan fingerprint density at radius 2 is 2.43 bits per heavy atom. The maximum absolute atomic E-state index is 13.1. The third-order valence-corrected chi connectivity index (χ3v) is 2.05. The predicted octanol–water partition coefficient (Wildman–Crippen LogP) is 0.938. The number of carboxylic acid groups (broad SMARTS) is 1. The predicted molar refractivity (Wildman–Crippen MR) is 51.2 cm³/mol. The Kier molecular flexibility index (Phi) is 3.54. The maximum atomic E-state index is 13.1. The standard InChI is InChI=1S/C8H8BrFN2O2/c9-4-1-5(10)7(12-3-4)2-6(11)8(13)14/h1,3,6H,2,11H2,(H,13,14)/t6-/m1/s1. The zero-order valence-corrected chi connectivity index (χ0v) is 8.66. The van der Waals surface area contributed by atoms with Crippen LogP contribution in [0.2, 0.25) is 0 Å². The molecule has 1 aromatic heterocycles. The lowest BCUT2D eigenvalue weighted by Gasteiger charge is -2.06. The van der Waals surface area contributed by atoms with Crippen LogP contribution in [-0.4, -0.2) is 22.1 Å². The fraction of sp³-hybridized carbons (Fsp3) is 0.250. The highest BCUT2D eigenvalue weighted by atomic mass is 79.9. The lowest BCUT2D eigenvalue weighted by atomic mass is 10.1. The molecule has 6 heteroatoms. The molecule has 0 saturated heterocycles. The molecule has 0 aliphatic rings. The third-order valence-electron chi connectivity index (χ3n) is 1.61. The lowest BCUT2D eigenvalue weighted by Crippen LogP contribution is -2.32. The number of rotatable bonds is 3. The zero-order valence-electron chi connectivity index (χ0n) is 7.08. The molecule has 14 heavy (non-hydrogen) atoms. The number of nitrogens with two attached hydrogens (primary N) is 1. The number of aromatic nitrogens is 1. The smallest absolute Gasteiger partial charge is 0.320 e. The first-order chi connectivity index (χ1) is 6.50. The molecule has 1 rings (SSSR count). The number of halogens is 2. The summed E-state index contributed by atoms with van der Waals surface area (Å²) >= 11 is 3.04. The zero-order chi connectivity index (χ0) is 10.7. The summed E-state index contributed by atoms with van der Waals surface area (Å²) in [6.07, 6.45) is 1.28. The first-order valence-electron chi connectivity index (χ1n) is 3.79. The SMILES string of the molecule is N[C@H](Cc1ncc(Br)cc1F)C(=O)O. The van der Waals surface area contributed by atoms with E-state index in [1.165, 1.54) is 12.3 Å². The maximum Gasteiger partial charge on any atom is 0.320 e. The molecular formula is C8H8BrFN2O2. The molecule has 0 fully saturated rings. The van der Waals surface area contributed by atoms with Gasteiger partial charge < -0.3 is 10.8 Å². The summed E-state index contributed by atoms with van der Waals surface area (Å²) < 4.78 is 13.6. The summed E-state index contributed by atoms with van der Waals surface area (Å²) in [7, 11) is 0. The second-order valence-electron chi connectivity index (χ2n) is 2.73. The van der Waals surface area contributed by atoms with Crippen LogP contribution in [-0.2, 0) is 11.2 Å². The molecule has 0 aliphatic carbocycles. The van der Waals surface area contributed by atoms with Gasteiger partial charge in [-0.3, -0.25) is 9.78 Å². The molecule has 0 radical (unpaired) electrons. The first-order valence-corrected chi connectivity index (χ1v) is 4.58. The summed E-state index contributed by atoms with van der Waals surface area (Å²) in [5.41, 5.74) is 5.30. The number of hydrogen-bond donors (Lipinski definition) is 2. The summed E-state index contributed by atoms with van der Waals surface area (Å²) in [6, 6.07) is 0.0925. The minimum absolute atomic E-state index is 0.0584. The van der Waals surface area contributed by atoms with Gasteiger partial charge in [-0.1, -0.05) is 0 Å². The average molecular weight is 263 g/mol. The van der Waals surface area contributed by atoms with Crippen LogP contribution < -0.4 is 5.73 Å². The number of nitrogens with zero attached hydrogens (tertiary/aromatic N) is 1. The van der Waals surface area contributed by atoms with E-state index in [1.54, 1.807) is 0 Å². The van der Waals surface area contributed by atoms with E-state index in [0.29, 0.717) is 4.47 Å². The van der Waals surface area contributed by atoms with Crippen molar-refractivity contribution < 1.29 is 14.3 Å². The largest absolute Gasteiger partial charge is 0.480 e. The van der Waals surface area contributed by atoms with Crippen LogP contribution in [0.3, 0.4) is 0 Å². The van der Waals surface area contributed by atoms with E-state index in [9.17, 15) is 9.18 Å². The Bertz CT molecular complexity index is 359. The van der Waals surface area contributed by atoms with E-state index in [-0.39, 0.29) is 12.1 Å². The third kappa shape index (κ3) is 2.74. The molecule has 1 heterocycles. The number of aliphatic carboxylic acids is 1. The van der Waals surface area contributed by atoms with Crippen LogP contribution >= 0.6 is 15.9 Å². The summed E-state index contributed by atoms with van der Waals surface area (Å²) in [5, 5.41) is 8.50. The molecule has 0 aromatic carbocycles. The van der Waals surface area contributed by atoms with Crippen LogP contribution in [0, 0.1) is 5.82 Å². The van der Waals surface area contributed by atoms with Gasteiger partial charge >= 0.3 is 5.97 Å². The molecule has 3 N–H and O–H groups in total. The normalized spacial score (nSPS) is 12.5. The molecule has 0 spiro atoms. The van der Waals surface area contributed by atoms with Gasteiger partial charge in [0.1, 0.15) is 11.9 Å². The molecule has 1 atom stereocenters. The van der Waals surface area contributed by atoms with Gasteiger partial charge in [0.25, 0.3) is 0 Å². The summed E-state index contributed by atoms with van der Waals surface area (Å²) in [6.45, 7) is 0. The molecule has 0 bridgehead atoms. The van der Waals surface area contributed by atoms with E-state index in [2.05, 4.69) is 20.9 Å². The van der Waals surface area contributed by atoms with E-state index in [0.717, 1.165) is 0 Å². The van der Waals surface area contributed by atoms with E-state index < -0.39 is 17.8 Å². The number of hydrogen-bond acceptors (Lipinski definition) is 3. The van der Waals surface area contributed by atoms with Gasteiger partial charge in [0.15, 0.2) is 0 Å². The van der Waals surface area contributed by atoms with Crippen molar-refractivity contribution >= 4 is 21.9 Å². The quantitative estimate of drug-likeness (QED) is 0.850. The fourth-order valence-electron chi connectivity index (χ4n) is 0.889. The number of pyridine rings is 1. The Balaban J connectivity index is 2.82. The van der Waals surface area contributed by atoms with Crippen molar-refractivity contribution in [1.29, 1.82) is 0 Å². The molecular weight excluding hydrogens is 255 g/mol. The van der Waals surface area contributed by atoms with Gasteiger partial charge in [-0.05, 0) is 22.0 Å². The van der Waals surface area contributed by atoms with Crippen molar-refractivity contribution in [2.45, 2.75) is 12.5 Å². The van der Waals surface area contributed by atoms with E-state index in [4.69, 9.17) is 10.8 Å². The molecule has 76 valence electrons. The molecule has 1 aromatic rings. The van der Waals surface area contributed by atoms with Gasteiger partial charge in [0, 0.05) is 17.1 Å². The highest BCUT2D eigenvalue weighted by molar-refractivity contribution is 9.10. The average Bonchev–Trinajstić information content (AvgIpc) is 2.09. The van der Waals surface area contributed by atoms with Crippen molar-refractivity contribution in [1.82, 2.24) is 4.98 Å². The fourth-order valence-corrected chi connectivity index (χ4v) is 1.19. The summed E-state index contributed by atoms with van der Waals surface area (Å²) in [4.78, 5) is 14.1. The molecule has 0 aliphatic heterocycles. The first kappa shape index (κ1) is 11.1. The van der Waals surface area contributed by atoms with Gasteiger partial charge in [-0.15, -0.1) is 0 Å². The number of carboxylic acids is 1. The Labute approximate surface area is 88.1 Å². The number of carbonyl (C=O) groups is 1. The second kappa shape index (κ2) is 4.47. The van der Waals surface area contributed by atoms with Gasteiger partial charge in [-0.2, -0.15) is 0 Å². The minimum atomic E-state index is -1.17. The second-order valence-corrected chi connectivity index (χ2v) is 3.65. The molecule has 0 amide bonds. The highest BCUT2D eigenvalue weighted by Gasteiger charge is 2.15. The molecule has 4 nitrogen and oxygen atoms in total. The van der Waals surface area contributed by atoms with Crippen molar-refractivity contribution in [2.75, 3.05) is 0 Å². The Morgan fingerprint density at radius 1 is 1.79 bits per heavy atom. The highest BCUT2D eigenvalue weighted by Crippen LogP contribution is 2.13. The lowest BCUT2D eigenvalue weighted by molar-refractivity contribution is -0.138. The molecule has 0 unspecified atom stereocenters. The van der Waals surface area contributed by atoms with Gasteiger partial charge in [-0.25, -0.2) is 4.39 Å². The van der Waals surface area contributed by atoms with Crippen LogP contribution in [0.25, 0.3) is 0 Å². The van der Waals surface area contributed by atoms with Crippen molar-refractivity contribution in [3.63, 3.8) is 0 Å². The Morgan fingerprint density at radius 3 is 2.93 bits per heavy atom. The minimum Gasteiger partial charge on any atom is -0.480 e. The van der Waals surface area contributed by atoms with Crippen LogP contribution in [0.1, 0.15) is 5.69 Å². The van der Waals surface area contributed by atoms with Crippen molar-refractivity contribution in [3.05, 3.63) is 28.2 Å². The van der Waals surface area contributed by atoms with Crippen LogP contribution in [0.4, 0.5) is 4.39 Å². The van der Waals surface area contributed by atoms with Crippen LogP contribution in [0.5, 0.6) is 0 Å². The topological polar surface area (TPSA) is 76.2 Å². The molecule has 0 saturated carbocycles. The van der Waals surface area contributed by atoms with Crippen LogP contribution in [0.15, 0.2) is 16.7 Å².